The number of nitrogens with one attached hydrogen (secondary N) is 1. The zero-order chi connectivity index (χ0) is 15.5. The van der Waals surface area contributed by atoms with Crippen molar-refractivity contribution >= 4 is 21.5 Å². The molecule has 5 heteroatoms. The van der Waals surface area contributed by atoms with E-state index in [0.29, 0.717) is 11.3 Å². The molecule has 0 fully saturated rings. The maximum absolute atomic E-state index is 12.4. The number of sulfonamides is 1. The van der Waals surface area contributed by atoms with Crippen LogP contribution in [0.1, 0.15) is 21.5 Å². The van der Waals surface area contributed by atoms with E-state index in [2.05, 4.69) is 4.72 Å². The molecule has 0 aliphatic rings. The lowest BCUT2D eigenvalue weighted by molar-refractivity contribution is 0.0994. The van der Waals surface area contributed by atoms with Gasteiger partial charge in [0.15, 0.2) is 5.78 Å². The van der Waals surface area contributed by atoms with Crippen LogP contribution in [0.15, 0.2) is 48.5 Å². The van der Waals surface area contributed by atoms with Crippen molar-refractivity contribution in [2.24, 2.45) is 0 Å². The van der Waals surface area contributed by atoms with E-state index in [1.165, 1.54) is 0 Å². The Kier molecular flexibility index (Phi) is 4.43. The van der Waals surface area contributed by atoms with Crippen molar-refractivity contribution in [2.75, 3.05) is 11.0 Å². The third kappa shape index (κ3) is 4.43. The van der Waals surface area contributed by atoms with Crippen LogP contribution in [-0.2, 0) is 16.4 Å². The number of aryl methyl sites for hydroxylation is 1. The highest BCUT2D eigenvalue weighted by Gasteiger charge is 2.14. The summed E-state index contributed by atoms with van der Waals surface area (Å²) in [6.45, 7) is 1.98. The molecule has 0 radical (unpaired) electrons. The molecule has 110 valence electrons. The van der Waals surface area contributed by atoms with Crippen LogP contribution in [0.4, 0.5) is 5.69 Å². The molecule has 0 amide bonds. The van der Waals surface area contributed by atoms with Gasteiger partial charge in [-0.15, -0.1) is 0 Å². The minimum absolute atomic E-state index is 0.120. The Morgan fingerprint density at radius 3 is 2.29 bits per heavy atom. The molecule has 0 unspecified atom stereocenters. The van der Waals surface area contributed by atoms with Gasteiger partial charge in [-0.3, -0.25) is 9.52 Å². The number of Topliss-reactive ketones (excluding diaryl/α,β-unsaturated/α-hetero) is 1. The molecular formula is C16H17NO3S. The van der Waals surface area contributed by atoms with Gasteiger partial charge in [-0.1, -0.05) is 42.0 Å². The Morgan fingerprint density at radius 2 is 1.67 bits per heavy atom. The molecule has 4 nitrogen and oxygen atoms in total. The van der Waals surface area contributed by atoms with Crippen molar-refractivity contribution < 1.29 is 13.2 Å². The average Bonchev–Trinajstić information content (AvgIpc) is 2.40. The lowest BCUT2D eigenvalue weighted by atomic mass is 10.0. The Hall–Kier alpha value is -2.14. The molecule has 0 bridgehead atoms. The van der Waals surface area contributed by atoms with Crippen LogP contribution in [0.5, 0.6) is 0 Å². The standard InChI is InChI=1S/C16H17NO3S/c1-12-7-9-13(10-8-12)11-16(18)14-5-3-4-6-15(14)17-21(2,19)20/h3-10,17H,11H2,1-2H3. The fourth-order valence-electron chi connectivity index (χ4n) is 2.00. The molecule has 0 aromatic heterocycles. The third-order valence-electron chi connectivity index (χ3n) is 3.01. The van der Waals surface area contributed by atoms with E-state index in [9.17, 15) is 13.2 Å². The fraction of sp³-hybridized carbons (Fsp3) is 0.188. The highest BCUT2D eigenvalue weighted by Crippen LogP contribution is 2.19. The molecule has 2 aromatic carbocycles. The Morgan fingerprint density at radius 1 is 1.05 bits per heavy atom. The first-order chi connectivity index (χ1) is 9.85. The lowest BCUT2D eigenvalue weighted by Crippen LogP contribution is -2.14. The Balaban J connectivity index is 2.25. The van der Waals surface area contributed by atoms with Crippen molar-refractivity contribution in [3.8, 4) is 0 Å². The predicted octanol–water partition coefficient (Wildman–Crippen LogP) is 2.79. The summed E-state index contributed by atoms with van der Waals surface area (Å²) in [6, 6.07) is 14.3. The molecule has 0 spiro atoms. The van der Waals surface area contributed by atoms with Gasteiger partial charge >= 0.3 is 0 Å². The second-order valence-electron chi connectivity index (χ2n) is 5.01. The van der Waals surface area contributed by atoms with Gasteiger partial charge in [-0.25, -0.2) is 8.42 Å². The maximum Gasteiger partial charge on any atom is 0.229 e. The molecule has 0 heterocycles. The molecule has 1 N–H and O–H groups in total. The minimum Gasteiger partial charge on any atom is -0.294 e. The van der Waals surface area contributed by atoms with E-state index >= 15 is 0 Å². The van der Waals surface area contributed by atoms with Crippen molar-refractivity contribution in [3.05, 3.63) is 65.2 Å². The Bertz CT molecular complexity index is 749. The van der Waals surface area contributed by atoms with Gasteiger partial charge in [-0.05, 0) is 24.6 Å². The number of benzene rings is 2. The number of carbonyl (C=O) groups is 1. The summed E-state index contributed by atoms with van der Waals surface area (Å²) in [5, 5.41) is 0. The van der Waals surface area contributed by atoms with Crippen molar-refractivity contribution in [1.82, 2.24) is 0 Å². The Labute approximate surface area is 124 Å². The number of hydrogen-bond donors (Lipinski definition) is 1. The molecule has 0 atom stereocenters. The summed E-state index contributed by atoms with van der Waals surface area (Å²) in [5.74, 6) is -0.120. The number of carbonyl (C=O) groups excluding carboxylic acids is 1. The van der Waals surface area contributed by atoms with Crippen molar-refractivity contribution in [3.63, 3.8) is 0 Å². The summed E-state index contributed by atoms with van der Waals surface area (Å²) in [7, 11) is -3.41. The van der Waals surface area contributed by atoms with E-state index in [0.717, 1.165) is 17.4 Å². The second kappa shape index (κ2) is 6.10. The van der Waals surface area contributed by atoms with Crippen LogP contribution in [0.25, 0.3) is 0 Å². The first-order valence-corrected chi connectivity index (χ1v) is 8.40. The maximum atomic E-state index is 12.4. The van der Waals surface area contributed by atoms with Gasteiger partial charge < -0.3 is 0 Å². The highest BCUT2D eigenvalue weighted by atomic mass is 32.2. The zero-order valence-corrected chi connectivity index (χ0v) is 12.8. The number of anilines is 1. The smallest absolute Gasteiger partial charge is 0.229 e. The summed E-state index contributed by atoms with van der Waals surface area (Å²) in [5.41, 5.74) is 2.73. The van der Waals surface area contributed by atoms with E-state index in [-0.39, 0.29) is 12.2 Å². The molecule has 2 rings (SSSR count). The van der Waals surface area contributed by atoms with Gasteiger partial charge in [0.05, 0.1) is 11.9 Å². The van der Waals surface area contributed by atoms with Crippen molar-refractivity contribution in [1.29, 1.82) is 0 Å². The topological polar surface area (TPSA) is 63.2 Å². The lowest BCUT2D eigenvalue weighted by Gasteiger charge is -2.10. The molecular weight excluding hydrogens is 286 g/mol. The average molecular weight is 303 g/mol. The number of ketones is 1. The van der Waals surface area contributed by atoms with Gasteiger partial charge in [0.25, 0.3) is 0 Å². The largest absolute Gasteiger partial charge is 0.294 e. The molecule has 2 aromatic rings. The first-order valence-electron chi connectivity index (χ1n) is 6.51. The SMILES string of the molecule is Cc1ccc(CC(=O)c2ccccc2NS(C)(=O)=O)cc1. The number of hydrogen-bond acceptors (Lipinski definition) is 3. The van der Waals surface area contributed by atoms with Gasteiger partial charge in [0, 0.05) is 12.0 Å². The summed E-state index contributed by atoms with van der Waals surface area (Å²) >= 11 is 0. The monoisotopic (exact) mass is 303 g/mol. The molecule has 0 saturated carbocycles. The normalized spacial score (nSPS) is 11.1. The van der Waals surface area contributed by atoms with Crippen LogP contribution in [0, 0.1) is 6.92 Å². The van der Waals surface area contributed by atoms with E-state index in [1.54, 1.807) is 24.3 Å². The number of rotatable bonds is 5. The summed E-state index contributed by atoms with van der Waals surface area (Å²) in [4.78, 5) is 12.4. The van der Waals surface area contributed by atoms with Crippen LogP contribution in [0.3, 0.4) is 0 Å². The van der Waals surface area contributed by atoms with Crippen LogP contribution >= 0.6 is 0 Å². The highest BCUT2D eigenvalue weighted by molar-refractivity contribution is 7.92. The molecule has 0 saturated heterocycles. The molecule has 21 heavy (non-hydrogen) atoms. The zero-order valence-electron chi connectivity index (χ0n) is 12.0. The number of para-hydroxylation sites is 1. The first kappa shape index (κ1) is 15.3. The summed E-state index contributed by atoms with van der Waals surface area (Å²) in [6.07, 6.45) is 1.30. The van der Waals surface area contributed by atoms with E-state index in [1.807, 2.05) is 31.2 Å². The van der Waals surface area contributed by atoms with E-state index < -0.39 is 10.0 Å². The quantitative estimate of drug-likeness (QED) is 0.864. The predicted molar refractivity (Wildman–Crippen MR) is 84.1 cm³/mol. The summed E-state index contributed by atoms with van der Waals surface area (Å²) < 4.78 is 25.1. The van der Waals surface area contributed by atoms with Gasteiger partial charge in [0.1, 0.15) is 0 Å². The minimum atomic E-state index is -3.41. The molecule has 0 aliphatic heterocycles. The van der Waals surface area contributed by atoms with Crippen LogP contribution in [-0.4, -0.2) is 20.5 Å². The fourth-order valence-corrected chi connectivity index (χ4v) is 2.58. The van der Waals surface area contributed by atoms with E-state index in [4.69, 9.17) is 0 Å². The van der Waals surface area contributed by atoms with Crippen LogP contribution < -0.4 is 4.72 Å². The van der Waals surface area contributed by atoms with Crippen LogP contribution in [0.2, 0.25) is 0 Å². The van der Waals surface area contributed by atoms with Gasteiger partial charge in [0.2, 0.25) is 10.0 Å². The van der Waals surface area contributed by atoms with Gasteiger partial charge in [-0.2, -0.15) is 0 Å². The third-order valence-corrected chi connectivity index (χ3v) is 3.60. The van der Waals surface area contributed by atoms with Crippen molar-refractivity contribution in [2.45, 2.75) is 13.3 Å². The second-order valence-corrected chi connectivity index (χ2v) is 6.75. The molecule has 0 aliphatic carbocycles.